The van der Waals surface area contributed by atoms with Crippen LogP contribution in [0.15, 0.2) is 30.3 Å². The summed E-state index contributed by atoms with van der Waals surface area (Å²) in [6.45, 7) is 5.28. The molecular weight excluding hydrogens is 358 g/mol. The van der Waals surface area contributed by atoms with Gasteiger partial charge in [-0.3, -0.25) is 9.48 Å². The van der Waals surface area contributed by atoms with Gasteiger partial charge in [0, 0.05) is 23.5 Å². The number of carbonyl (C=O) groups excluding carboxylic acids is 1. The molecule has 3 aromatic rings. The lowest BCUT2D eigenvalue weighted by Gasteiger charge is -2.18. The molecule has 0 aliphatic carbocycles. The summed E-state index contributed by atoms with van der Waals surface area (Å²) >= 11 is 7.69. The Bertz CT molecular complexity index is 903. The Kier molecular flexibility index (Phi) is 5.42. The lowest BCUT2D eigenvalue weighted by Crippen LogP contribution is -2.32. The number of carbonyl (C=O) groups is 1. The number of hydrogen-bond acceptors (Lipinski definition) is 4. The highest BCUT2D eigenvalue weighted by Gasteiger charge is 2.20. The summed E-state index contributed by atoms with van der Waals surface area (Å²) < 4.78 is 1.90. The van der Waals surface area contributed by atoms with Crippen LogP contribution in [0, 0.1) is 6.92 Å². The molecule has 0 fully saturated rings. The van der Waals surface area contributed by atoms with Gasteiger partial charge < -0.3 is 10.0 Å². The van der Waals surface area contributed by atoms with Crippen molar-refractivity contribution >= 4 is 39.1 Å². The number of aliphatic hydroxyl groups excluding tert-OH is 1. The molecule has 0 saturated carbocycles. The molecule has 0 atom stereocenters. The van der Waals surface area contributed by atoms with Gasteiger partial charge in [0.15, 0.2) is 0 Å². The van der Waals surface area contributed by atoms with Gasteiger partial charge in [0.05, 0.1) is 23.7 Å². The van der Waals surface area contributed by atoms with Crippen molar-refractivity contribution in [2.75, 3.05) is 19.7 Å². The lowest BCUT2D eigenvalue weighted by molar-refractivity contribution is 0.0737. The van der Waals surface area contributed by atoms with Gasteiger partial charge in [0.25, 0.3) is 5.91 Å². The van der Waals surface area contributed by atoms with Crippen LogP contribution in [0.25, 0.3) is 10.2 Å². The largest absolute Gasteiger partial charge is 0.395 e. The van der Waals surface area contributed by atoms with Crippen LogP contribution in [-0.4, -0.2) is 45.4 Å². The minimum atomic E-state index is -0.0542. The number of aromatic nitrogens is 2. The van der Waals surface area contributed by atoms with Crippen molar-refractivity contribution in [2.24, 2.45) is 0 Å². The highest BCUT2D eigenvalue weighted by Crippen LogP contribution is 2.30. The average molecular weight is 378 g/mol. The molecule has 1 aromatic carbocycles. The van der Waals surface area contributed by atoms with Gasteiger partial charge in [0.1, 0.15) is 4.83 Å². The van der Waals surface area contributed by atoms with Crippen LogP contribution >= 0.6 is 22.9 Å². The van der Waals surface area contributed by atoms with E-state index in [2.05, 4.69) is 5.10 Å². The van der Waals surface area contributed by atoms with E-state index >= 15 is 0 Å². The van der Waals surface area contributed by atoms with Crippen LogP contribution in [-0.2, 0) is 6.54 Å². The topological polar surface area (TPSA) is 58.4 Å². The number of rotatable bonds is 6. The summed E-state index contributed by atoms with van der Waals surface area (Å²) in [5.74, 6) is -0.0542. The van der Waals surface area contributed by atoms with Crippen molar-refractivity contribution < 1.29 is 9.90 Å². The number of likely N-dealkylation sites (N-methyl/N-ethyl adjacent to an activating group) is 1. The predicted molar refractivity (Wildman–Crippen MR) is 102 cm³/mol. The summed E-state index contributed by atoms with van der Waals surface area (Å²) in [6.07, 6.45) is 0. The summed E-state index contributed by atoms with van der Waals surface area (Å²) in [6, 6.07) is 9.59. The number of amides is 1. The molecule has 25 heavy (non-hydrogen) atoms. The number of nitrogens with zero attached hydrogens (tertiary/aromatic N) is 3. The zero-order chi connectivity index (χ0) is 18.0. The molecule has 3 rings (SSSR count). The van der Waals surface area contributed by atoms with Crippen LogP contribution in [0.3, 0.4) is 0 Å². The Labute approximate surface area is 155 Å². The summed E-state index contributed by atoms with van der Waals surface area (Å²) in [5.41, 5.74) is 1.88. The van der Waals surface area contributed by atoms with Crippen molar-refractivity contribution in [1.82, 2.24) is 14.7 Å². The van der Waals surface area contributed by atoms with E-state index in [1.54, 1.807) is 4.90 Å². The number of fused-ring (bicyclic) bond motifs is 1. The minimum Gasteiger partial charge on any atom is -0.395 e. The second kappa shape index (κ2) is 7.56. The molecule has 1 N–H and O–H groups in total. The van der Waals surface area contributed by atoms with E-state index in [4.69, 9.17) is 16.7 Å². The highest BCUT2D eigenvalue weighted by molar-refractivity contribution is 7.20. The van der Waals surface area contributed by atoms with E-state index in [1.165, 1.54) is 11.3 Å². The molecule has 0 spiro atoms. The molecule has 0 radical (unpaired) electrons. The molecule has 1 amide bonds. The Morgan fingerprint density at radius 2 is 2.16 bits per heavy atom. The van der Waals surface area contributed by atoms with Gasteiger partial charge in [-0.25, -0.2) is 0 Å². The monoisotopic (exact) mass is 377 g/mol. The molecule has 5 nitrogen and oxygen atoms in total. The minimum absolute atomic E-state index is 0.0379. The van der Waals surface area contributed by atoms with Crippen molar-refractivity contribution in [3.05, 3.63) is 51.5 Å². The third-order valence-electron chi connectivity index (χ3n) is 4.13. The van der Waals surface area contributed by atoms with Crippen molar-refractivity contribution in [1.29, 1.82) is 0 Å². The lowest BCUT2D eigenvalue weighted by atomic mass is 10.2. The zero-order valence-corrected chi connectivity index (χ0v) is 15.8. The quantitative estimate of drug-likeness (QED) is 0.714. The van der Waals surface area contributed by atoms with Crippen LogP contribution in [0.4, 0.5) is 0 Å². The number of benzene rings is 1. The Balaban J connectivity index is 1.96. The third-order valence-corrected chi connectivity index (χ3v) is 5.64. The summed E-state index contributed by atoms with van der Waals surface area (Å²) in [7, 11) is 0. The first kappa shape index (κ1) is 17.9. The highest BCUT2D eigenvalue weighted by atomic mass is 35.5. The molecule has 0 unspecified atom stereocenters. The molecule has 2 aromatic heterocycles. The molecular formula is C18H20ClN3O2S. The fourth-order valence-corrected chi connectivity index (χ4v) is 4.12. The first-order chi connectivity index (χ1) is 12.0. The normalized spacial score (nSPS) is 11.2. The second-order valence-electron chi connectivity index (χ2n) is 5.77. The first-order valence-corrected chi connectivity index (χ1v) is 9.35. The van der Waals surface area contributed by atoms with Gasteiger partial charge in [-0.15, -0.1) is 11.3 Å². The maximum absolute atomic E-state index is 12.6. The first-order valence-electron chi connectivity index (χ1n) is 8.15. The molecule has 7 heteroatoms. The van der Waals surface area contributed by atoms with Crippen LogP contribution in [0.1, 0.15) is 27.9 Å². The molecule has 0 aliphatic rings. The Morgan fingerprint density at radius 1 is 1.40 bits per heavy atom. The average Bonchev–Trinajstić information content (AvgIpc) is 3.16. The van der Waals surface area contributed by atoms with E-state index in [9.17, 15) is 4.79 Å². The number of hydrogen-bond donors (Lipinski definition) is 1. The smallest absolute Gasteiger partial charge is 0.264 e. The maximum Gasteiger partial charge on any atom is 0.264 e. The van der Waals surface area contributed by atoms with Crippen LogP contribution < -0.4 is 0 Å². The zero-order valence-electron chi connectivity index (χ0n) is 14.2. The Morgan fingerprint density at radius 3 is 2.84 bits per heavy atom. The standard InChI is InChI=1S/C18H20ClN3O2S/c1-3-21(8-9-23)17(24)16-10-14-12(2)20-22(18(14)25-16)11-13-6-4-5-7-15(13)19/h4-7,10,23H,3,8-9,11H2,1-2H3. The molecule has 0 bridgehead atoms. The van der Waals surface area contributed by atoms with E-state index in [0.29, 0.717) is 29.5 Å². The summed E-state index contributed by atoms with van der Waals surface area (Å²) in [5, 5.41) is 15.4. The van der Waals surface area contributed by atoms with E-state index in [1.807, 2.05) is 48.9 Å². The van der Waals surface area contributed by atoms with E-state index in [-0.39, 0.29) is 12.5 Å². The summed E-state index contributed by atoms with van der Waals surface area (Å²) in [4.78, 5) is 15.9. The molecule has 0 saturated heterocycles. The second-order valence-corrected chi connectivity index (χ2v) is 7.21. The third kappa shape index (κ3) is 3.56. The van der Waals surface area contributed by atoms with Gasteiger partial charge >= 0.3 is 0 Å². The van der Waals surface area contributed by atoms with Crippen LogP contribution in [0.2, 0.25) is 5.02 Å². The number of thiophene rings is 1. The van der Waals surface area contributed by atoms with Gasteiger partial charge in [0.2, 0.25) is 0 Å². The predicted octanol–water partition coefficient (Wildman–Crippen LogP) is 3.56. The Hall–Kier alpha value is -1.89. The number of aliphatic hydroxyl groups is 1. The van der Waals surface area contributed by atoms with Crippen LogP contribution in [0.5, 0.6) is 0 Å². The van der Waals surface area contributed by atoms with E-state index in [0.717, 1.165) is 21.5 Å². The number of halogens is 1. The van der Waals surface area contributed by atoms with E-state index < -0.39 is 0 Å². The SMILES string of the molecule is CCN(CCO)C(=O)c1cc2c(C)nn(Cc3ccccc3Cl)c2s1. The van der Waals surface area contributed by atoms with Crippen molar-refractivity contribution in [3.8, 4) is 0 Å². The molecule has 2 heterocycles. The van der Waals surface area contributed by atoms with Crippen molar-refractivity contribution in [2.45, 2.75) is 20.4 Å². The van der Waals surface area contributed by atoms with Gasteiger partial charge in [-0.05, 0) is 31.5 Å². The van der Waals surface area contributed by atoms with Crippen molar-refractivity contribution in [3.63, 3.8) is 0 Å². The fraction of sp³-hybridized carbons (Fsp3) is 0.333. The van der Waals surface area contributed by atoms with Gasteiger partial charge in [-0.1, -0.05) is 29.8 Å². The number of aryl methyl sites for hydroxylation is 1. The molecule has 132 valence electrons. The fourth-order valence-electron chi connectivity index (χ4n) is 2.79. The van der Waals surface area contributed by atoms with Gasteiger partial charge in [-0.2, -0.15) is 5.10 Å². The molecule has 0 aliphatic heterocycles. The maximum atomic E-state index is 12.6.